The fourth-order valence-corrected chi connectivity index (χ4v) is 3.78. The van der Waals surface area contributed by atoms with E-state index in [2.05, 4.69) is 10.2 Å². The maximum absolute atomic E-state index is 12.6. The molecule has 2 aliphatic rings. The van der Waals surface area contributed by atoms with Gasteiger partial charge < -0.3 is 20.1 Å². The van der Waals surface area contributed by atoms with Crippen LogP contribution < -0.4 is 5.32 Å². The number of likely N-dealkylation sites (tertiary alicyclic amines) is 1. The molecular formula is C21H28F3N3O5. The van der Waals surface area contributed by atoms with Crippen molar-refractivity contribution in [2.24, 2.45) is 0 Å². The number of hydrogen-bond acceptors (Lipinski definition) is 5. The average Bonchev–Trinajstić information content (AvgIpc) is 2.76. The van der Waals surface area contributed by atoms with Crippen molar-refractivity contribution < 1.29 is 37.4 Å². The first-order valence-corrected chi connectivity index (χ1v) is 10.2. The summed E-state index contributed by atoms with van der Waals surface area (Å²) in [6.45, 7) is 3.92. The molecule has 2 heterocycles. The third-order valence-electron chi connectivity index (χ3n) is 5.65. The first-order chi connectivity index (χ1) is 15.1. The number of amides is 2. The second-order valence-corrected chi connectivity index (χ2v) is 7.72. The number of nitrogens with one attached hydrogen (secondary N) is 1. The van der Waals surface area contributed by atoms with Gasteiger partial charge in [-0.05, 0) is 18.4 Å². The van der Waals surface area contributed by atoms with E-state index in [1.165, 1.54) is 0 Å². The summed E-state index contributed by atoms with van der Waals surface area (Å²) in [5.41, 5.74) is 0.934. The van der Waals surface area contributed by atoms with Gasteiger partial charge in [0.25, 0.3) is 0 Å². The number of benzene rings is 1. The van der Waals surface area contributed by atoms with Gasteiger partial charge in [0.15, 0.2) is 0 Å². The van der Waals surface area contributed by atoms with Gasteiger partial charge >= 0.3 is 12.1 Å². The summed E-state index contributed by atoms with van der Waals surface area (Å²) in [6, 6.07) is 9.86. The van der Waals surface area contributed by atoms with E-state index >= 15 is 0 Å². The van der Waals surface area contributed by atoms with Gasteiger partial charge in [0, 0.05) is 32.2 Å². The molecular weight excluding hydrogens is 431 g/mol. The topological polar surface area (TPSA) is 99.2 Å². The Bertz CT molecular complexity index is 781. The molecule has 8 nitrogen and oxygen atoms in total. The van der Waals surface area contributed by atoms with E-state index in [1.807, 2.05) is 35.2 Å². The molecule has 1 aromatic carbocycles. The normalized spacial score (nSPS) is 18.4. The Morgan fingerprint density at radius 1 is 1.12 bits per heavy atom. The SMILES string of the molecule is CNC(=O)CN1CCOCC12CCN(C(=O)Cc1ccccc1)CC2.O=C(O)C(F)(F)F. The fraction of sp³-hybridized carbons (Fsp3) is 0.571. The minimum Gasteiger partial charge on any atom is -0.475 e. The van der Waals surface area contributed by atoms with Crippen LogP contribution in [0.4, 0.5) is 13.2 Å². The number of nitrogens with zero attached hydrogens (tertiary/aromatic N) is 2. The maximum atomic E-state index is 12.6. The summed E-state index contributed by atoms with van der Waals surface area (Å²) < 4.78 is 37.5. The van der Waals surface area contributed by atoms with Crippen molar-refractivity contribution in [2.75, 3.05) is 46.4 Å². The second-order valence-electron chi connectivity index (χ2n) is 7.72. The molecule has 2 amide bonds. The van der Waals surface area contributed by atoms with Crippen molar-refractivity contribution in [1.29, 1.82) is 0 Å². The molecule has 0 atom stereocenters. The van der Waals surface area contributed by atoms with Crippen LogP contribution in [0.1, 0.15) is 18.4 Å². The van der Waals surface area contributed by atoms with E-state index in [0.717, 1.165) is 38.0 Å². The molecule has 0 aromatic heterocycles. The van der Waals surface area contributed by atoms with Crippen LogP contribution in [0, 0.1) is 0 Å². The standard InChI is InChI=1S/C19H27N3O3.C2HF3O2/c1-20-17(23)14-22-11-12-25-15-19(22)7-9-21(10-8-19)18(24)13-16-5-3-2-4-6-16;3-2(4,5)1(6)7/h2-6H,7-15H2,1H3,(H,20,23);(H,6,7). The summed E-state index contributed by atoms with van der Waals surface area (Å²) in [5, 5.41) is 9.83. The summed E-state index contributed by atoms with van der Waals surface area (Å²) >= 11 is 0. The fourth-order valence-electron chi connectivity index (χ4n) is 3.78. The van der Waals surface area contributed by atoms with Crippen LogP contribution in [0.25, 0.3) is 0 Å². The first kappa shape index (κ1) is 25.6. The number of hydrogen-bond donors (Lipinski definition) is 2. The number of rotatable bonds is 4. The molecule has 0 unspecified atom stereocenters. The predicted octanol–water partition coefficient (Wildman–Crippen LogP) is 1.30. The molecule has 1 aromatic rings. The third-order valence-corrected chi connectivity index (χ3v) is 5.65. The van der Waals surface area contributed by atoms with Crippen molar-refractivity contribution in [1.82, 2.24) is 15.1 Å². The first-order valence-electron chi connectivity index (χ1n) is 10.2. The van der Waals surface area contributed by atoms with Crippen LogP contribution in [0.2, 0.25) is 0 Å². The molecule has 2 fully saturated rings. The lowest BCUT2D eigenvalue weighted by atomic mass is 9.85. The number of halogens is 3. The molecule has 1 spiro atoms. The number of carbonyl (C=O) groups excluding carboxylic acids is 2. The Hall–Kier alpha value is -2.66. The summed E-state index contributed by atoms with van der Waals surface area (Å²) in [5.74, 6) is -2.55. The van der Waals surface area contributed by atoms with Crippen molar-refractivity contribution >= 4 is 17.8 Å². The summed E-state index contributed by atoms with van der Waals surface area (Å²) in [6.07, 6.45) is -2.93. The van der Waals surface area contributed by atoms with E-state index in [4.69, 9.17) is 14.6 Å². The van der Waals surface area contributed by atoms with Crippen molar-refractivity contribution in [3.8, 4) is 0 Å². The quantitative estimate of drug-likeness (QED) is 0.705. The Morgan fingerprint density at radius 2 is 1.72 bits per heavy atom. The van der Waals surface area contributed by atoms with Crippen LogP contribution in [0.3, 0.4) is 0 Å². The highest BCUT2D eigenvalue weighted by Crippen LogP contribution is 2.32. The second kappa shape index (κ2) is 11.3. The average molecular weight is 459 g/mol. The molecule has 178 valence electrons. The number of aliphatic carboxylic acids is 1. The van der Waals surface area contributed by atoms with E-state index in [0.29, 0.717) is 26.2 Å². The van der Waals surface area contributed by atoms with Crippen molar-refractivity contribution in [2.45, 2.75) is 31.0 Å². The van der Waals surface area contributed by atoms with Crippen LogP contribution in [0.5, 0.6) is 0 Å². The molecule has 0 radical (unpaired) electrons. The zero-order valence-electron chi connectivity index (χ0n) is 17.9. The van der Waals surface area contributed by atoms with Crippen LogP contribution in [-0.2, 0) is 25.5 Å². The highest BCUT2D eigenvalue weighted by atomic mass is 19.4. The van der Waals surface area contributed by atoms with Crippen LogP contribution in [-0.4, -0.2) is 90.8 Å². The summed E-state index contributed by atoms with van der Waals surface area (Å²) in [7, 11) is 1.67. The largest absolute Gasteiger partial charge is 0.490 e. The monoisotopic (exact) mass is 459 g/mol. The molecule has 3 rings (SSSR count). The van der Waals surface area contributed by atoms with E-state index in [9.17, 15) is 22.8 Å². The minimum absolute atomic E-state index is 0.0314. The van der Waals surface area contributed by atoms with Gasteiger partial charge in [-0.2, -0.15) is 13.2 Å². The lowest BCUT2D eigenvalue weighted by Gasteiger charge is -2.50. The van der Waals surface area contributed by atoms with Crippen molar-refractivity contribution in [3.05, 3.63) is 35.9 Å². The molecule has 0 aliphatic carbocycles. The number of carboxylic acids is 1. The van der Waals surface area contributed by atoms with Gasteiger partial charge in [-0.1, -0.05) is 30.3 Å². The maximum Gasteiger partial charge on any atom is 0.490 e. The molecule has 0 bridgehead atoms. The Kier molecular flexibility index (Phi) is 9.02. The van der Waals surface area contributed by atoms with Crippen LogP contribution >= 0.6 is 0 Å². The number of alkyl halides is 3. The number of likely N-dealkylation sites (N-methyl/N-ethyl adjacent to an activating group) is 1. The zero-order valence-corrected chi connectivity index (χ0v) is 17.9. The molecule has 0 saturated carbocycles. The molecule has 2 saturated heterocycles. The van der Waals surface area contributed by atoms with Gasteiger partial charge in [-0.15, -0.1) is 0 Å². The molecule has 2 N–H and O–H groups in total. The van der Waals surface area contributed by atoms with Gasteiger partial charge in [0.1, 0.15) is 0 Å². The molecule has 11 heteroatoms. The Labute approximate surface area is 184 Å². The number of carbonyl (C=O) groups is 3. The molecule has 32 heavy (non-hydrogen) atoms. The number of carboxylic acid groups (broad SMARTS) is 1. The van der Waals surface area contributed by atoms with Gasteiger partial charge in [0.2, 0.25) is 11.8 Å². The van der Waals surface area contributed by atoms with Gasteiger partial charge in [-0.3, -0.25) is 14.5 Å². The van der Waals surface area contributed by atoms with Gasteiger partial charge in [0.05, 0.1) is 26.2 Å². The highest BCUT2D eigenvalue weighted by molar-refractivity contribution is 5.79. The third kappa shape index (κ3) is 7.20. The smallest absolute Gasteiger partial charge is 0.475 e. The Morgan fingerprint density at radius 3 is 2.25 bits per heavy atom. The number of piperidine rings is 1. The minimum atomic E-state index is -5.08. The van der Waals surface area contributed by atoms with E-state index in [-0.39, 0.29) is 17.4 Å². The lowest BCUT2D eigenvalue weighted by molar-refractivity contribution is -0.192. The summed E-state index contributed by atoms with van der Waals surface area (Å²) in [4.78, 5) is 37.5. The molecule has 2 aliphatic heterocycles. The number of morpholine rings is 1. The highest BCUT2D eigenvalue weighted by Gasteiger charge is 2.43. The Balaban J connectivity index is 0.000000451. The van der Waals surface area contributed by atoms with Crippen molar-refractivity contribution in [3.63, 3.8) is 0 Å². The van der Waals surface area contributed by atoms with E-state index < -0.39 is 12.1 Å². The zero-order chi connectivity index (χ0) is 23.8. The number of ether oxygens (including phenoxy) is 1. The predicted molar refractivity (Wildman–Crippen MR) is 109 cm³/mol. The van der Waals surface area contributed by atoms with Crippen LogP contribution in [0.15, 0.2) is 30.3 Å². The van der Waals surface area contributed by atoms with Gasteiger partial charge in [-0.25, -0.2) is 4.79 Å². The lowest BCUT2D eigenvalue weighted by Crippen LogP contribution is -2.63. The van der Waals surface area contributed by atoms with E-state index in [1.54, 1.807) is 7.05 Å².